The predicted octanol–water partition coefficient (Wildman–Crippen LogP) is 2.63. The van der Waals surface area contributed by atoms with Crippen molar-refractivity contribution >= 4 is 11.3 Å². The highest BCUT2D eigenvalue weighted by molar-refractivity contribution is 7.09. The van der Waals surface area contributed by atoms with Gasteiger partial charge in [0, 0.05) is 18.5 Å². The molecular formula is C16H20N2OS. The van der Waals surface area contributed by atoms with Gasteiger partial charge in [-0.05, 0) is 30.4 Å². The van der Waals surface area contributed by atoms with Crippen LogP contribution in [0.1, 0.15) is 35.2 Å². The lowest BCUT2D eigenvalue weighted by atomic mass is 9.96. The zero-order valence-electron chi connectivity index (χ0n) is 11.7. The molecule has 1 aliphatic carbocycles. The molecule has 20 heavy (non-hydrogen) atoms. The first kappa shape index (κ1) is 13.7. The summed E-state index contributed by atoms with van der Waals surface area (Å²) >= 11 is 1.71. The van der Waals surface area contributed by atoms with Gasteiger partial charge in [0.05, 0.1) is 10.7 Å². The molecule has 0 saturated carbocycles. The van der Waals surface area contributed by atoms with Crippen molar-refractivity contribution in [2.75, 3.05) is 6.54 Å². The zero-order chi connectivity index (χ0) is 14.0. The van der Waals surface area contributed by atoms with Gasteiger partial charge < -0.3 is 10.4 Å². The fourth-order valence-electron chi connectivity index (χ4n) is 2.84. The lowest BCUT2D eigenvalue weighted by Gasteiger charge is -2.24. The van der Waals surface area contributed by atoms with Gasteiger partial charge >= 0.3 is 0 Å². The zero-order valence-corrected chi connectivity index (χ0v) is 12.5. The van der Waals surface area contributed by atoms with Crippen LogP contribution in [0.5, 0.6) is 0 Å². The van der Waals surface area contributed by atoms with Gasteiger partial charge in [-0.3, -0.25) is 0 Å². The van der Waals surface area contributed by atoms with Crippen molar-refractivity contribution in [1.82, 2.24) is 10.3 Å². The molecule has 1 aromatic heterocycles. The number of rotatable bonds is 5. The highest BCUT2D eigenvalue weighted by atomic mass is 32.1. The Balaban J connectivity index is 1.61. The van der Waals surface area contributed by atoms with E-state index in [-0.39, 0.29) is 0 Å². The molecule has 1 aromatic carbocycles. The number of aryl methyl sites for hydroxylation is 2. The molecule has 3 nitrogen and oxygen atoms in total. The highest BCUT2D eigenvalue weighted by Crippen LogP contribution is 2.36. The number of hydrogen-bond donors (Lipinski definition) is 2. The molecule has 1 aliphatic rings. The molecular weight excluding hydrogens is 268 g/mol. The summed E-state index contributed by atoms with van der Waals surface area (Å²) in [7, 11) is 0. The van der Waals surface area contributed by atoms with E-state index in [4.69, 9.17) is 0 Å². The Bertz CT molecular complexity index is 596. The lowest BCUT2D eigenvalue weighted by molar-refractivity contribution is 0.0384. The molecule has 1 heterocycles. The van der Waals surface area contributed by atoms with Crippen LogP contribution in [0, 0.1) is 0 Å². The van der Waals surface area contributed by atoms with E-state index in [9.17, 15) is 5.11 Å². The van der Waals surface area contributed by atoms with E-state index in [0.29, 0.717) is 6.54 Å². The predicted molar refractivity (Wildman–Crippen MR) is 81.9 cm³/mol. The van der Waals surface area contributed by atoms with Crippen LogP contribution in [0.3, 0.4) is 0 Å². The van der Waals surface area contributed by atoms with E-state index in [1.807, 2.05) is 18.2 Å². The normalized spacial score (nSPS) is 21.1. The van der Waals surface area contributed by atoms with Crippen LogP contribution >= 0.6 is 11.3 Å². The van der Waals surface area contributed by atoms with Crippen molar-refractivity contribution in [3.63, 3.8) is 0 Å². The summed E-state index contributed by atoms with van der Waals surface area (Å²) in [6.45, 7) is 3.43. The molecule has 0 saturated heterocycles. The maximum Gasteiger partial charge on any atom is 0.103 e. The molecule has 0 fully saturated rings. The Hall–Kier alpha value is -1.23. The first-order valence-corrected chi connectivity index (χ1v) is 8.04. The maximum absolute atomic E-state index is 10.8. The van der Waals surface area contributed by atoms with E-state index in [0.717, 1.165) is 37.1 Å². The van der Waals surface area contributed by atoms with E-state index in [1.54, 1.807) is 11.3 Å². The monoisotopic (exact) mass is 288 g/mol. The van der Waals surface area contributed by atoms with E-state index >= 15 is 0 Å². The fraction of sp³-hybridized carbons (Fsp3) is 0.438. The van der Waals surface area contributed by atoms with Crippen molar-refractivity contribution in [3.8, 4) is 0 Å². The molecule has 0 amide bonds. The van der Waals surface area contributed by atoms with Crippen LogP contribution in [0.2, 0.25) is 0 Å². The molecule has 0 aliphatic heterocycles. The third kappa shape index (κ3) is 2.64. The standard InChI is InChI=1S/C16H20N2OS/c1-2-15-18-13(10-20-15)9-17-11-16(19)8-7-12-5-3-4-6-14(12)16/h3-6,10,17,19H,2,7-9,11H2,1H3. The van der Waals surface area contributed by atoms with Crippen molar-refractivity contribution in [2.24, 2.45) is 0 Å². The first-order chi connectivity index (χ1) is 9.71. The Kier molecular flexibility index (Phi) is 3.87. The van der Waals surface area contributed by atoms with Gasteiger partial charge in [-0.25, -0.2) is 4.98 Å². The Morgan fingerprint density at radius 2 is 2.25 bits per heavy atom. The SMILES string of the molecule is CCc1nc(CNCC2(O)CCc3ccccc32)cs1. The summed E-state index contributed by atoms with van der Waals surface area (Å²) in [5.41, 5.74) is 2.71. The number of fused-ring (bicyclic) bond motifs is 1. The van der Waals surface area contributed by atoms with Gasteiger partial charge in [-0.1, -0.05) is 31.2 Å². The largest absolute Gasteiger partial charge is 0.384 e. The third-order valence-corrected chi connectivity index (χ3v) is 4.99. The van der Waals surface area contributed by atoms with Crippen LogP contribution in [0.15, 0.2) is 29.6 Å². The lowest BCUT2D eigenvalue weighted by Crippen LogP contribution is -2.36. The molecule has 1 unspecified atom stereocenters. The molecule has 3 rings (SSSR count). The van der Waals surface area contributed by atoms with Gasteiger partial charge in [0.2, 0.25) is 0 Å². The summed E-state index contributed by atoms with van der Waals surface area (Å²) in [5.74, 6) is 0. The number of benzene rings is 1. The second kappa shape index (κ2) is 5.64. The quantitative estimate of drug-likeness (QED) is 0.889. The Labute approximate surface area is 123 Å². The van der Waals surface area contributed by atoms with E-state index < -0.39 is 5.60 Å². The summed E-state index contributed by atoms with van der Waals surface area (Å²) in [4.78, 5) is 4.53. The van der Waals surface area contributed by atoms with Crippen LogP contribution in [-0.2, 0) is 25.0 Å². The summed E-state index contributed by atoms with van der Waals surface area (Å²) in [5, 5.41) is 17.4. The van der Waals surface area contributed by atoms with E-state index in [2.05, 4.69) is 28.7 Å². The van der Waals surface area contributed by atoms with Crippen LogP contribution in [-0.4, -0.2) is 16.6 Å². The molecule has 4 heteroatoms. The second-order valence-corrected chi connectivity index (χ2v) is 6.32. The van der Waals surface area contributed by atoms with Gasteiger partial charge in [0.25, 0.3) is 0 Å². The molecule has 2 aromatic rings. The average Bonchev–Trinajstić information content (AvgIpc) is 3.05. The molecule has 106 valence electrons. The van der Waals surface area contributed by atoms with Gasteiger partial charge in [-0.15, -0.1) is 11.3 Å². The van der Waals surface area contributed by atoms with Crippen molar-refractivity contribution in [2.45, 2.75) is 38.3 Å². The smallest absolute Gasteiger partial charge is 0.103 e. The number of thiazole rings is 1. The highest BCUT2D eigenvalue weighted by Gasteiger charge is 2.35. The summed E-state index contributed by atoms with van der Waals surface area (Å²) in [6, 6.07) is 8.20. The first-order valence-electron chi connectivity index (χ1n) is 7.16. The van der Waals surface area contributed by atoms with Crippen LogP contribution in [0.25, 0.3) is 0 Å². The topological polar surface area (TPSA) is 45.2 Å². The van der Waals surface area contributed by atoms with Crippen molar-refractivity contribution < 1.29 is 5.11 Å². The molecule has 0 radical (unpaired) electrons. The number of nitrogens with one attached hydrogen (secondary N) is 1. The minimum absolute atomic E-state index is 0.586. The van der Waals surface area contributed by atoms with Gasteiger partial charge in [-0.2, -0.15) is 0 Å². The maximum atomic E-state index is 10.8. The summed E-state index contributed by atoms with van der Waals surface area (Å²) in [6.07, 6.45) is 2.75. The second-order valence-electron chi connectivity index (χ2n) is 5.38. The van der Waals surface area contributed by atoms with E-state index in [1.165, 1.54) is 10.6 Å². The average molecular weight is 288 g/mol. The van der Waals surface area contributed by atoms with Crippen LogP contribution < -0.4 is 5.32 Å². The number of aliphatic hydroxyl groups is 1. The minimum atomic E-state index is -0.722. The molecule has 0 spiro atoms. The molecule has 0 bridgehead atoms. The van der Waals surface area contributed by atoms with Gasteiger partial charge in [0.1, 0.15) is 5.60 Å². The summed E-state index contributed by atoms with van der Waals surface area (Å²) < 4.78 is 0. The van der Waals surface area contributed by atoms with Crippen molar-refractivity contribution in [3.05, 3.63) is 51.5 Å². The van der Waals surface area contributed by atoms with Gasteiger partial charge in [0.15, 0.2) is 0 Å². The molecule has 1 atom stereocenters. The fourth-order valence-corrected chi connectivity index (χ4v) is 3.59. The molecule has 2 N–H and O–H groups in total. The Morgan fingerprint density at radius 3 is 3.05 bits per heavy atom. The Morgan fingerprint density at radius 1 is 1.40 bits per heavy atom. The number of hydrogen-bond acceptors (Lipinski definition) is 4. The number of aromatic nitrogens is 1. The van der Waals surface area contributed by atoms with Crippen LogP contribution in [0.4, 0.5) is 0 Å². The third-order valence-electron chi connectivity index (χ3n) is 3.95. The van der Waals surface area contributed by atoms with Crippen molar-refractivity contribution in [1.29, 1.82) is 0 Å². The number of nitrogens with zero attached hydrogens (tertiary/aromatic N) is 1. The minimum Gasteiger partial charge on any atom is -0.384 e.